The van der Waals surface area contributed by atoms with Gasteiger partial charge in [0, 0.05) is 18.3 Å². The Morgan fingerprint density at radius 1 is 1.28 bits per heavy atom. The maximum absolute atomic E-state index is 12.1. The van der Waals surface area contributed by atoms with E-state index in [9.17, 15) is 18.0 Å². The molecular formula is C16H16N2O6S. The molecule has 1 amide bonds. The first-order valence-corrected chi connectivity index (χ1v) is 9.10. The molecule has 25 heavy (non-hydrogen) atoms. The number of nitrogens with zero attached hydrogens (tertiary/aromatic N) is 1. The molecule has 1 aromatic carbocycles. The average Bonchev–Trinajstić information content (AvgIpc) is 2.94. The number of hydrogen-bond donors (Lipinski definition) is 1. The molecule has 8 nitrogen and oxygen atoms in total. The van der Waals surface area contributed by atoms with Gasteiger partial charge in [0.1, 0.15) is 6.26 Å². The third-order valence-corrected chi connectivity index (χ3v) is 5.62. The molecule has 2 heterocycles. The van der Waals surface area contributed by atoms with Gasteiger partial charge in [0.25, 0.3) is 5.91 Å². The summed E-state index contributed by atoms with van der Waals surface area (Å²) in [4.78, 5) is 23.8. The van der Waals surface area contributed by atoms with Crippen molar-refractivity contribution in [3.05, 3.63) is 52.6 Å². The summed E-state index contributed by atoms with van der Waals surface area (Å²) in [7, 11) is -1.92. The van der Waals surface area contributed by atoms with E-state index in [1.165, 1.54) is 11.4 Å². The lowest BCUT2D eigenvalue weighted by Crippen LogP contribution is -2.25. The summed E-state index contributed by atoms with van der Waals surface area (Å²) in [5.74, 6) is -0.604. The lowest BCUT2D eigenvalue weighted by Gasteiger charge is -2.17. The number of amides is 1. The minimum atomic E-state index is -3.25. The first-order valence-electron chi connectivity index (χ1n) is 7.49. The van der Waals surface area contributed by atoms with Gasteiger partial charge in [-0.05, 0) is 30.7 Å². The quantitative estimate of drug-likeness (QED) is 0.880. The summed E-state index contributed by atoms with van der Waals surface area (Å²) in [6.07, 6.45) is 1.66. The van der Waals surface area contributed by atoms with Crippen molar-refractivity contribution in [2.24, 2.45) is 0 Å². The molecule has 9 heteroatoms. The van der Waals surface area contributed by atoms with Crippen LogP contribution in [-0.2, 0) is 10.0 Å². The Hall–Kier alpha value is -2.81. The second-order valence-corrected chi connectivity index (χ2v) is 7.43. The van der Waals surface area contributed by atoms with Crippen LogP contribution in [0, 0.1) is 0 Å². The van der Waals surface area contributed by atoms with Crippen LogP contribution in [-0.4, -0.2) is 33.7 Å². The van der Waals surface area contributed by atoms with Crippen molar-refractivity contribution in [3.63, 3.8) is 0 Å². The number of anilines is 2. The summed E-state index contributed by atoms with van der Waals surface area (Å²) >= 11 is 0. The number of sulfonamides is 1. The third-order valence-electron chi connectivity index (χ3n) is 3.75. The molecule has 1 aliphatic rings. The number of nitrogens with one attached hydrogen (secondary N) is 1. The summed E-state index contributed by atoms with van der Waals surface area (Å²) < 4.78 is 35.0. The van der Waals surface area contributed by atoms with Crippen LogP contribution in [0.5, 0.6) is 5.75 Å². The van der Waals surface area contributed by atoms with E-state index in [2.05, 4.69) is 5.32 Å². The van der Waals surface area contributed by atoms with E-state index in [-0.39, 0.29) is 17.3 Å². The van der Waals surface area contributed by atoms with E-state index in [0.29, 0.717) is 24.3 Å². The standard InChI is InChI=1S/C16H16N2O6S/c1-23-15-10-24-14(9-13(15)19)16(20)17-11-3-5-12(6-4-11)18-7-2-8-25(18,21)22/h3-6,9-10H,2,7-8H2,1H3,(H,17,20). The average molecular weight is 364 g/mol. The second-order valence-electron chi connectivity index (χ2n) is 5.42. The van der Waals surface area contributed by atoms with Crippen molar-refractivity contribution in [1.82, 2.24) is 0 Å². The molecule has 1 N–H and O–H groups in total. The lowest BCUT2D eigenvalue weighted by molar-refractivity contribution is 0.0993. The number of hydrogen-bond acceptors (Lipinski definition) is 6. The van der Waals surface area contributed by atoms with Crippen molar-refractivity contribution in [1.29, 1.82) is 0 Å². The number of methoxy groups -OCH3 is 1. The van der Waals surface area contributed by atoms with Gasteiger partial charge < -0.3 is 14.5 Å². The van der Waals surface area contributed by atoms with E-state index in [1.54, 1.807) is 24.3 Å². The minimum Gasteiger partial charge on any atom is -0.490 e. The fraction of sp³-hybridized carbons (Fsp3) is 0.250. The molecule has 0 bridgehead atoms. The van der Waals surface area contributed by atoms with E-state index in [1.807, 2.05) is 0 Å². The van der Waals surface area contributed by atoms with Crippen molar-refractivity contribution < 1.29 is 22.4 Å². The van der Waals surface area contributed by atoms with E-state index < -0.39 is 21.4 Å². The predicted molar refractivity (Wildman–Crippen MR) is 91.7 cm³/mol. The van der Waals surface area contributed by atoms with Gasteiger partial charge >= 0.3 is 0 Å². The van der Waals surface area contributed by atoms with E-state index in [4.69, 9.17) is 9.15 Å². The Balaban J connectivity index is 1.74. The van der Waals surface area contributed by atoms with Gasteiger partial charge in [-0.3, -0.25) is 13.9 Å². The van der Waals surface area contributed by atoms with Crippen LogP contribution >= 0.6 is 0 Å². The van der Waals surface area contributed by atoms with Crippen molar-refractivity contribution >= 4 is 27.3 Å². The highest BCUT2D eigenvalue weighted by atomic mass is 32.2. The molecule has 1 saturated heterocycles. The maximum Gasteiger partial charge on any atom is 0.291 e. The lowest BCUT2D eigenvalue weighted by atomic mass is 10.2. The van der Waals surface area contributed by atoms with Gasteiger partial charge in [0.05, 0.1) is 18.6 Å². The Bertz CT molecular complexity index is 949. The van der Waals surface area contributed by atoms with Gasteiger partial charge in [-0.15, -0.1) is 0 Å². The summed E-state index contributed by atoms with van der Waals surface area (Å²) in [5, 5.41) is 2.58. The smallest absolute Gasteiger partial charge is 0.291 e. The molecular weight excluding hydrogens is 348 g/mol. The molecule has 1 aliphatic heterocycles. The van der Waals surface area contributed by atoms with Crippen molar-refractivity contribution in [2.45, 2.75) is 6.42 Å². The molecule has 1 fully saturated rings. The third kappa shape index (κ3) is 3.50. The van der Waals surface area contributed by atoms with E-state index in [0.717, 1.165) is 12.3 Å². The fourth-order valence-corrected chi connectivity index (χ4v) is 4.06. The maximum atomic E-state index is 12.1. The number of benzene rings is 1. The summed E-state index contributed by atoms with van der Waals surface area (Å²) in [6.45, 7) is 0.449. The van der Waals surface area contributed by atoms with Crippen LogP contribution in [0.15, 0.2) is 45.8 Å². The first kappa shape index (κ1) is 17.0. The highest BCUT2D eigenvalue weighted by Crippen LogP contribution is 2.25. The molecule has 0 unspecified atom stereocenters. The zero-order valence-corrected chi connectivity index (χ0v) is 14.2. The zero-order valence-electron chi connectivity index (χ0n) is 13.4. The van der Waals surface area contributed by atoms with Crippen LogP contribution in [0.2, 0.25) is 0 Å². The largest absolute Gasteiger partial charge is 0.490 e. The molecule has 0 radical (unpaired) electrons. The predicted octanol–water partition coefficient (Wildman–Crippen LogP) is 1.44. The topological polar surface area (TPSA) is 106 Å². The first-order chi connectivity index (χ1) is 11.9. The van der Waals surface area contributed by atoms with Gasteiger partial charge in [-0.2, -0.15) is 0 Å². The Morgan fingerprint density at radius 2 is 2.00 bits per heavy atom. The Labute approximate surface area is 144 Å². The SMILES string of the molecule is COc1coc(C(=O)Nc2ccc(N3CCCS3(=O)=O)cc2)cc1=O. The van der Waals surface area contributed by atoms with Crippen LogP contribution in [0.1, 0.15) is 17.0 Å². The molecule has 0 atom stereocenters. The Kier molecular flexibility index (Phi) is 4.49. The molecule has 2 aromatic rings. The van der Waals surface area contributed by atoms with Crippen molar-refractivity contribution in [2.75, 3.05) is 29.0 Å². The number of rotatable bonds is 4. The number of ether oxygens (including phenoxy) is 1. The van der Waals surface area contributed by atoms with Gasteiger partial charge in [0.15, 0.2) is 5.76 Å². The molecule has 1 aromatic heterocycles. The van der Waals surface area contributed by atoms with Gasteiger partial charge in [-0.25, -0.2) is 8.42 Å². The van der Waals surface area contributed by atoms with Crippen LogP contribution in [0.25, 0.3) is 0 Å². The zero-order chi connectivity index (χ0) is 18.0. The second kappa shape index (κ2) is 6.60. The van der Waals surface area contributed by atoms with Gasteiger partial charge in [0.2, 0.25) is 21.2 Å². The highest BCUT2D eigenvalue weighted by molar-refractivity contribution is 7.93. The number of carbonyl (C=O) groups excluding carboxylic acids is 1. The van der Waals surface area contributed by atoms with Crippen LogP contribution in [0.3, 0.4) is 0 Å². The minimum absolute atomic E-state index is 0.00715. The monoisotopic (exact) mass is 364 g/mol. The van der Waals surface area contributed by atoms with Crippen LogP contribution in [0.4, 0.5) is 11.4 Å². The van der Waals surface area contributed by atoms with E-state index >= 15 is 0 Å². The molecule has 3 rings (SSSR count). The molecule has 132 valence electrons. The highest BCUT2D eigenvalue weighted by Gasteiger charge is 2.28. The fourth-order valence-electron chi connectivity index (χ4n) is 2.50. The summed E-state index contributed by atoms with van der Waals surface area (Å²) in [5.41, 5.74) is 0.531. The summed E-state index contributed by atoms with van der Waals surface area (Å²) in [6, 6.07) is 7.44. The molecule has 0 saturated carbocycles. The normalized spacial score (nSPS) is 15.8. The molecule has 0 spiro atoms. The Morgan fingerprint density at radius 3 is 2.56 bits per heavy atom. The van der Waals surface area contributed by atoms with Crippen molar-refractivity contribution in [3.8, 4) is 5.75 Å². The van der Waals surface area contributed by atoms with Crippen LogP contribution < -0.4 is 19.8 Å². The molecule has 0 aliphatic carbocycles. The number of carbonyl (C=O) groups is 1. The van der Waals surface area contributed by atoms with Gasteiger partial charge in [-0.1, -0.05) is 0 Å².